The summed E-state index contributed by atoms with van der Waals surface area (Å²) in [6.45, 7) is 6.86. The standard InChI is InChI=1S/C43H32N2S/c1-30-14-13-15-32(28-30)37-20-9-11-22-39(37)45(34-18-7-4-8-19-34)35-26-27-44(33-16-5-3-6-17-33)43-36(31(2)29-35)24-25-41-42(43)38-21-10-12-23-40(38)46-41/h3-29H,2H2,1H3/b27-26-,35-29+. The molecular formula is C43H32N2S. The fraction of sp³-hybridized carbons (Fsp3) is 0.0233. The van der Waals surface area contributed by atoms with Crippen molar-refractivity contribution in [2.75, 3.05) is 9.80 Å². The van der Waals surface area contributed by atoms with Crippen molar-refractivity contribution < 1.29 is 0 Å². The molecule has 0 N–H and O–H groups in total. The first kappa shape index (κ1) is 27.9. The zero-order valence-corrected chi connectivity index (χ0v) is 26.4. The van der Waals surface area contributed by atoms with Crippen LogP contribution in [0.5, 0.6) is 0 Å². The Morgan fingerprint density at radius 3 is 2.22 bits per heavy atom. The molecule has 1 aliphatic rings. The zero-order chi connectivity index (χ0) is 31.0. The Labute approximate surface area is 274 Å². The van der Waals surface area contributed by atoms with Gasteiger partial charge >= 0.3 is 0 Å². The van der Waals surface area contributed by atoms with Crippen LogP contribution in [0.4, 0.5) is 22.7 Å². The minimum absolute atomic E-state index is 0.960. The third kappa shape index (κ3) is 4.92. The minimum atomic E-state index is 0.960. The normalized spacial score (nSPS) is 14.8. The number of fused-ring (bicyclic) bond motifs is 5. The lowest BCUT2D eigenvalue weighted by Gasteiger charge is -2.32. The van der Waals surface area contributed by atoms with E-state index in [0.717, 1.165) is 39.6 Å². The van der Waals surface area contributed by atoms with E-state index in [1.165, 1.54) is 36.9 Å². The third-order valence-electron chi connectivity index (χ3n) is 8.60. The zero-order valence-electron chi connectivity index (χ0n) is 25.6. The SMILES string of the molecule is C=C1/C=C(N(c2ccccc2)c2ccccc2-c2cccc(C)c2)\C=C/N(c2ccccc2)c2c1ccc1sc3ccccc3c21. The number of hydrogen-bond donors (Lipinski definition) is 0. The lowest BCUT2D eigenvalue weighted by molar-refractivity contribution is 1.19. The van der Waals surface area contributed by atoms with Crippen LogP contribution in [-0.4, -0.2) is 0 Å². The lowest BCUT2D eigenvalue weighted by atomic mass is 9.96. The highest BCUT2D eigenvalue weighted by Gasteiger charge is 2.24. The smallest absolute Gasteiger partial charge is 0.0626 e. The molecule has 0 radical (unpaired) electrons. The predicted octanol–water partition coefficient (Wildman–Crippen LogP) is 12.4. The van der Waals surface area contributed by atoms with Crippen LogP contribution in [0.3, 0.4) is 0 Å². The molecule has 6 aromatic carbocycles. The molecule has 0 fully saturated rings. The predicted molar refractivity (Wildman–Crippen MR) is 199 cm³/mol. The summed E-state index contributed by atoms with van der Waals surface area (Å²) in [4.78, 5) is 4.69. The van der Waals surface area contributed by atoms with E-state index in [4.69, 9.17) is 6.58 Å². The maximum absolute atomic E-state index is 4.71. The molecule has 0 atom stereocenters. The number of hydrogen-bond acceptors (Lipinski definition) is 3. The van der Waals surface area contributed by atoms with Crippen molar-refractivity contribution in [3.8, 4) is 11.1 Å². The Bertz CT molecular complexity index is 2290. The van der Waals surface area contributed by atoms with Crippen molar-refractivity contribution in [2.24, 2.45) is 0 Å². The van der Waals surface area contributed by atoms with Gasteiger partial charge in [-0.15, -0.1) is 11.3 Å². The van der Waals surface area contributed by atoms with E-state index in [1.54, 1.807) is 0 Å². The van der Waals surface area contributed by atoms with E-state index in [0.29, 0.717) is 0 Å². The van der Waals surface area contributed by atoms with Crippen LogP contribution >= 0.6 is 11.3 Å². The Balaban J connectivity index is 1.38. The topological polar surface area (TPSA) is 6.48 Å². The highest BCUT2D eigenvalue weighted by atomic mass is 32.1. The van der Waals surface area contributed by atoms with Gasteiger partial charge in [0.1, 0.15) is 0 Å². The van der Waals surface area contributed by atoms with Gasteiger partial charge in [-0.25, -0.2) is 0 Å². The molecule has 1 aliphatic heterocycles. The highest BCUT2D eigenvalue weighted by Crippen LogP contribution is 2.47. The van der Waals surface area contributed by atoms with Crippen molar-refractivity contribution in [2.45, 2.75) is 6.92 Å². The molecule has 0 saturated carbocycles. The van der Waals surface area contributed by atoms with Crippen LogP contribution in [-0.2, 0) is 0 Å². The first-order chi connectivity index (χ1) is 22.7. The number of anilines is 4. The van der Waals surface area contributed by atoms with Gasteiger partial charge in [0.15, 0.2) is 0 Å². The van der Waals surface area contributed by atoms with Crippen molar-refractivity contribution >= 4 is 59.8 Å². The second-order valence-electron chi connectivity index (χ2n) is 11.6. The molecule has 1 aromatic heterocycles. The summed E-state index contributed by atoms with van der Waals surface area (Å²) in [7, 11) is 0. The van der Waals surface area contributed by atoms with E-state index >= 15 is 0 Å². The van der Waals surface area contributed by atoms with Gasteiger partial charge < -0.3 is 9.80 Å². The summed E-state index contributed by atoms with van der Waals surface area (Å²) < 4.78 is 2.56. The molecule has 0 saturated heterocycles. The van der Waals surface area contributed by atoms with Gasteiger partial charge in [0.25, 0.3) is 0 Å². The Morgan fingerprint density at radius 2 is 1.39 bits per heavy atom. The quantitative estimate of drug-likeness (QED) is 0.192. The van der Waals surface area contributed by atoms with Gasteiger partial charge in [-0.2, -0.15) is 0 Å². The molecule has 0 unspecified atom stereocenters. The number of thiophene rings is 1. The molecule has 0 amide bonds. The van der Waals surface area contributed by atoms with Gasteiger partial charge in [-0.3, -0.25) is 0 Å². The lowest BCUT2D eigenvalue weighted by Crippen LogP contribution is -2.19. The highest BCUT2D eigenvalue weighted by molar-refractivity contribution is 7.26. The van der Waals surface area contributed by atoms with E-state index in [1.807, 2.05) is 11.3 Å². The van der Waals surface area contributed by atoms with Gasteiger partial charge in [-0.05, 0) is 72.7 Å². The van der Waals surface area contributed by atoms with E-state index in [2.05, 4.69) is 181 Å². The fourth-order valence-electron chi connectivity index (χ4n) is 6.51. The fourth-order valence-corrected chi connectivity index (χ4v) is 7.62. The molecule has 2 nitrogen and oxygen atoms in total. The van der Waals surface area contributed by atoms with Crippen LogP contribution < -0.4 is 9.80 Å². The van der Waals surface area contributed by atoms with Crippen LogP contribution in [0.1, 0.15) is 11.1 Å². The molecule has 8 rings (SSSR count). The molecule has 46 heavy (non-hydrogen) atoms. The Hall–Kier alpha value is -5.64. The monoisotopic (exact) mass is 608 g/mol. The number of para-hydroxylation sites is 3. The van der Waals surface area contributed by atoms with Crippen LogP contribution in [0, 0.1) is 6.92 Å². The second kappa shape index (κ2) is 11.7. The summed E-state index contributed by atoms with van der Waals surface area (Å²) in [5, 5.41) is 2.53. The van der Waals surface area contributed by atoms with Crippen LogP contribution in [0.25, 0.3) is 36.9 Å². The number of nitrogens with zero attached hydrogens (tertiary/aromatic N) is 2. The number of allylic oxidation sites excluding steroid dienone is 3. The molecule has 0 spiro atoms. The largest absolute Gasteiger partial charge is 0.316 e. The molecule has 220 valence electrons. The summed E-state index contributed by atoms with van der Waals surface area (Å²) >= 11 is 1.84. The third-order valence-corrected chi connectivity index (χ3v) is 9.74. The average molecular weight is 609 g/mol. The molecule has 2 heterocycles. The van der Waals surface area contributed by atoms with Gasteiger partial charge in [0, 0.05) is 54.6 Å². The maximum Gasteiger partial charge on any atom is 0.0626 e. The summed E-state index contributed by atoms with van der Waals surface area (Å²) in [5.74, 6) is 0. The summed E-state index contributed by atoms with van der Waals surface area (Å²) in [6, 6.07) is 51.9. The van der Waals surface area contributed by atoms with Gasteiger partial charge in [0.05, 0.1) is 11.4 Å². The van der Waals surface area contributed by atoms with Crippen molar-refractivity contribution in [3.05, 3.63) is 187 Å². The summed E-state index contributed by atoms with van der Waals surface area (Å²) in [6.07, 6.45) is 6.69. The van der Waals surface area contributed by atoms with E-state index in [-0.39, 0.29) is 0 Å². The Morgan fingerprint density at radius 1 is 0.652 bits per heavy atom. The maximum atomic E-state index is 4.71. The average Bonchev–Trinajstić information content (AvgIpc) is 3.48. The van der Waals surface area contributed by atoms with Crippen molar-refractivity contribution in [1.82, 2.24) is 0 Å². The molecule has 0 bridgehead atoms. The molecule has 0 aliphatic carbocycles. The number of rotatable bonds is 5. The van der Waals surface area contributed by atoms with Gasteiger partial charge in [-0.1, -0.05) is 115 Å². The van der Waals surface area contributed by atoms with E-state index < -0.39 is 0 Å². The first-order valence-electron chi connectivity index (χ1n) is 15.5. The van der Waals surface area contributed by atoms with Crippen LogP contribution in [0.2, 0.25) is 0 Å². The first-order valence-corrected chi connectivity index (χ1v) is 16.4. The van der Waals surface area contributed by atoms with E-state index in [9.17, 15) is 0 Å². The summed E-state index contributed by atoms with van der Waals surface area (Å²) in [5.41, 5.74) is 11.1. The molecule has 3 heteroatoms. The second-order valence-corrected chi connectivity index (χ2v) is 12.7. The molecular weight excluding hydrogens is 577 g/mol. The van der Waals surface area contributed by atoms with Gasteiger partial charge in [0.2, 0.25) is 0 Å². The molecule has 7 aromatic rings. The van der Waals surface area contributed by atoms with Crippen molar-refractivity contribution in [1.29, 1.82) is 0 Å². The Kier molecular flexibility index (Phi) is 7.09. The van der Waals surface area contributed by atoms with Crippen LogP contribution in [0.15, 0.2) is 176 Å². The minimum Gasteiger partial charge on any atom is -0.316 e. The van der Waals surface area contributed by atoms with Crippen molar-refractivity contribution in [3.63, 3.8) is 0 Å². The number of benzene rings is 6. The number of aryl methyl sites for hydroxylation is 1.